The smallest absolute Gasteiger partial charge is 0.216 e. The predicted molar refractivity (Wildman–Crippen MR) is 80.7 cm³/mol. The molecule has 4 heteroatoms. The van der Waals surface area contributed by atoms with Gasteiger partial charge in [-0.1, -0.05) is 42.8 Å². The molecule has 1 amide bonds. The van der Waals surface area contributed by atoms with Gasteiger partial charge in [-0.2, -0.15) is 0 Å². The second-order valence-electron chi connectivity index (χ2n) is 4.23. The molecular weight excluding hydrogens is 246 g/mol. The van der Waals surface area contributed by atoms with Gasteiger partial charge in [0.2, 0.25) is 11.0 Å². The summed E-state index contributed by atoms with van der Waals surface area (Å²) in [5.74, 6) is 0.551. The maximum absolute atomic E-state index is 11.7. The first kappa shape index (κ1) is 17.0. The highest BCUT2D eigenvalue weighted by Gasteiger charge is 2.04. The molecule has 0 aliphatic heterocycles. The van der Waals surface area contributed by atoms with Crippen molar-refractivity contribution in [3.63, 3.8) is 0 Å². The van der Waals surface area contributed by atoms with Crippen LogP contribution in [0.3, 0.4) is 0 Å². The van der Waals surface area contributed by atoms with E-state index in [1.54, 1.807) is 0 Å². The lowest BCUT2D eigenvalue weighted by molar-refractivity contribution is -0.118. The molecule has 3 nitrogen and oxygen atoms in total. The summed E-state index contributed by atoms with van der Waals surface area (Å²) in [5, 5.41) is 2.73. The fourth-order valence-corrected chi connectivity index (χ4v) is 1.98. The molecule has 0 saturated heterocycles. The van der Waals surface area contributed by atoms with Gasteiger partial charge >= 0.3 is 0 Å². The van der Waals surface area contributed by atoms with Crippen LogP contribution in [0.15, 0.2) is 23.3 Å². The van der Waals surface area contributed by atoms with E-state index in [1.165, 1.54) is 24.3 Å². The van der Waals surface area contributed by atoms with E-state index < -0.39 is 0 Å². The van der Waals surface area contributed by atoms with Crippen molar-refractivity contribution in [2.45, 2.75) is 40.5 Å². The van der Waals surface area contributed by atoms with Crippen LogP contribution in [0.2, 0.25) is 0 Å². The van der Waals surface area contributed by atoms with Crippen LogP contribution in [0.5, 0.6) is 0 Å². The number of nitrogens with one attached hydrogen (secondary N) is 1. The zero-order valence-corrected chi connectivity index (χ0v) is 12.5. The number of thioether (sulfide) groups is 1. The normalized spacial score (nSPS) is 12.4. The Morgan fingerprint density at radius 3 is 2.44 bits per heavy atom. The molecule has 0 saturated carbocycles. The van der Waals surface area contributed by atoms with Crippen molar-refractivity contribution in [1.29, 1.82) is 0 Å². The number of allylic oxidation sites excluding steroid dienone is 3. The van der Waals surface area contributed by atoms with Crippen molar-refractivity contribution in [3.05, 3.63) is 23.3 Å². The number of carbonyl (C=O) groups is 2. The predicted octanol–water partition coefficient (Wildman–Crippen LogP) is 3.32. The van der Waals surface area contributed by atoms with E-state index in [9.17, 15) is 9.59 Å². The Morgan fingerprint density at radius 2 is 1.89 bits per heavy atom. The van der Waals surface area contributed by atoms with Gasteiger partial charge in [-0.05, 0) is 20.3 Å². The summed E-state index contributed by atoms with van der Waals surface area (Å²) in [6, 6.07) is 0. The molecule has 0 rings (SSSR count). The van der Waals surface area contributed by atoms with Crippen molar-refractivity contribution in [3.8, 4) is 0 Å². The highest BCUT2D eigenvalue weighted by atomic mass is 32.2. The van der Waals surface area contributed by atoms with Crippen LogP contribution in [-0.4, -0.2) is 23.3 Å². The SMILES string of the molecule is CCC/C(C)=C/C=C(\C)C(=O)SCCNC(C)=O.[HH]. The number of amides is 1. The van der Waals surface area contributed by atoms with Crippen LogP contribution in [0.4, 0.5) is 0 Å². The van der Waals surface area contributed by atoms with Gasteiger partial charge in [-0.3, -0.25) is 9.59 Å². The highest BCUT2D eigenvalue weighted by molar-refractivity contribution is 8.14. The van der Waals surface area contributed by atoms with Gasteiger partial charge in [0.15, 0.2) is 0 Å². The summed E-state index contributed by atoms with van der Waals surface area (Å²) >= 11 is 1.24. The van der Waals surface area contributed by atoms with Crippen molar-refractivity contribution in [1.82, 2.24) is 5.32 Å². The maximum Gasteiger partial charge on any atom is 0.216 e. The van der Waals surface area contributed by atoms with Gasteiger partial charge < -0.3 is 5.32 Å². The van der Waals surface area contributed by atoms with E-state index in [0.29, 0.717) is 12.3 Å². The van der Waals surface area contributed by atoms with Gasteiger partial charge in [0.05, 0.1) is 0 Å². The molecule has 0 aliphatic rings. The zero-order chi connectivity index (χ0) is 14.0. The maximum atomic E-state index is 11.7. The Balaban J connectivity index is 0. The minimum Gasteiger partial charge on any atom is -0.356 e. The largest absolute Gasteiger partial charge is 0.356 e. The summed E-state index contributed by atoms with van der Waals surface area (Å²) in [6.45, 7) is 8.03. The van der Waals surface area contributed by atoms with Crippen LogP contribution in [0.1, 0.15) is 42.0 Å². The van der Waals surface area contributed by atoms with E-state index >= 15 is 0 Å². The number of rotatable bonds is 7. The Kier molecular flexibility index (Phi) is 9.38. The molecule has 0 bridgehead atoms. The van der Waals surface area contributed by atoms with E-state index in [2.05, 4.69) is 19.2 Å². The van der Waals surface area contributed by atoms with E-state index in [0.717, 1.165) is 18.4 Å². The fourth-order valence-electron chi connectivity index (χ4n) is 1.30. The third kappa shape index (κ3) is 9.05. The quantitative estimate of drug-likeness (QED) is 0.439. The molecule has 0 aromatic carbocycles. The zero-order valence-electron chi connectivity index (χ0n) is 11.7. The molecule has 0 atom stereocenters. The molecule has 0 spiro atoms. The highest BCUT2D eigenvalue weighted by Crippen LogP contribution is 2.11. The lowest BCUT2D eigenvalue weighted by Crippen LogP contribution is -2.22. The standard InChI is InChI=1S/C14H23NO2S.H2/c1-5-6-11(2)7-8-12(3)14(17)18-10-9-15-13(4)16;/h7-8H,5-6,9-10H2,1-4H3,(H,15,16);1H/b11-7+,12-8+;. The first-order chi connectivity index (χ1) is 8.47. The average Bonchev–Trinajstić information content (AvgIpc) is 2.31. The van der Waals surface area contributed by atoms with Gasteiger partial charge in [0.25, 0.3) is 0 Å². The van der Waals surface area contributed by atoms with E-state index in [4.69, 9.17) is 0 Å². The summed E-state index contributed by atoms with van der Waals surface area (Å²) in [6.07, 6.45) is 6.06. The van der Waals surface area contributed by atoms with Crippen molar-refractivity contribution >= 4 is 22.8 Å². The van der Waals surface area contributed by atoms with Crippen LogP contribution in [0.25, 0.3) is 0 Å². The first-order valence-corrected chi connectivity index (χ1v) is 7.21. The van der Waals surface area contributed by atoms with Gasteiger partial charge in [-0.25, -0.2) is 0 Å². The van der Waals surface area contributed by atoms with Gasteiger partial charge in [0.1, 0.15) is 0 Å². The second-order valence-corrected chi connectivity index (χ2v) is 5.30. The summed E-state index contributed by atoms with van der Waals surface area (Å²) in [5.41, 5.74) is 2.03. The third-order valence-electron chi connectivity index (χ3n) is 2.29. The third-order valence-corrected chi connectivity index (χ3v) is 3.29. The summed E-state index contributed by atoms with van der Waals surface area (Å²) in [7, 11) is 0. The molecular formula is C14H25NO2S. The number of carbonyl (C=O) groups excluding carboxylic acids is 2. The van der Waals surface area contributed by atoms with E-state index in [-0.39, 0.29) is 12.4 Å². The molecule has 0 radical (unpaired) electrons. The van der Waals surface area contributed by atoms with Crippen molar-refractivity contribution in [2.75, 3.05) is 12.3 Å². The van der Waals surface area contributed by atoms with Gasteiger partial charge in [0, 0.05) is 26.2 Å². The lowest BCUT2D eigenvalue weighted by atomic mass is 10.1. The topological polar surface area (TPSA) is 46.2 Å². The fraction of sp³-hybridized carbons (Fsp3) is 0.571. The van der Waals surface area contributed by atoms with E-state index in [1.807, 2.05) is 19.1 Å². The molecule has 0 aromatic heterocycles. The molecule has 104 valence electrons. The first-order valence-electron chi connectivity index (χ1n) is 6.23. The Hall–Kier alpha value is -1.03. The number of hydrogen-bond acceptors (Lipinski definition) is 3. The van der Waals surface area contributed by atoms with Crippen molar-refractivity contribution in [2.24, 2.45) is 0 Å². The Bertz CT molecular complexity index is 351. The minimum absolute atomic E-state index is 0. The molecule has 18 heavy (non-hydrogen) atoms. The van der Waals surface area contributed by atoms with Crippen LogP contribution < -0.4 is 5.32 Å². The van der Waals surface area contributed by atoms with Crippen molar-refractivity contribution < 1.29 is 11.0 Å². The minimum atomic E-state index is -0.0616. The average molecular weight is 271 g/mol. The number of hydrogen-bond donors (Lipinski definition) is 1. The molecule has 0 aliphatic carbocycles. The van der Waals surface area contributed by atoms with Crippen LogP contribution in [-0.2, 0) is 9.59 Å². The van der Waals surface area contributed by atoms with Gasteiger partial charge in [-0.15, -0.1) is 0 Å². The Labute approximate surface area is 116 Å². The summed E-state index contributed by atoms with van der Waals surface area (Å²) in [4.78, 5) is 22.3. The monoisotopic (exact) mass is 271 g/mol. The molecule has 0 aromatic rings. The lowest BCUT2D eigenvalue weighted by Gasteiger charge is -2.02. The molecule has 0 unspecified atom stereocenters. The Morgan fingerprint density at radius 1 is 1.22 bits per heavy atom. The molecule has 0 fully saturated rings. The van der Waals surface area contributed by atoms with Crippen LogP contribution >= 0.6 is 11.8 Å². The van der Waals surface area contributed by atoms with Crippen LogP contribution in [0, 0.1) is 0 Å². The molecule has 0 heterocycles. The molecule has 1 N–H and O–H groups in total. The summed E-state index contributed by atoms with van der Waals surface area (Å²) < 4.78 is 0. The second kappa shape index (κ2) is 9.95.